The van der Waals surface area contributed by atoms with Crippen LogP contribution in [-0.4, -0.2) is 56.5 Å². The van der Waals surface area contributed by atoms with E-state index in [-0.39, 0.29) is 36.8 Å². The molecule has 0 radical (unpaired) electrons. The zero-order chi connectivity index (χ0) is 24.5. The molecule has 0 unspecified atom stereocenters. The third-order valence-corrected chi connectivity index (χ3v) is 9.07. The van der Waals surface area contributed by atoms with E-state index in [2.05, 4.69) is 5.32 Å². The average Bonchev–Trinajstić information content (AvgIpc) is 3.16. The Kier molecular flexibility index (Phi) is 7.42. The van der Waals surface area contributed by atoms with Crippen LogP contribution in [0.3, 0.4) is 0 Å². The van der Waals surface area contributed by atoms with Crippen molar-refractivity contribution >= 4 is 38.2 Å². The van der Waals surface area contributed by atoms with E-state index in [0.29, 0.717) is 16.1 Å². The van der Waals surface area contributed by atoms with Crippen molar-refractivity contribution < 1.29 is 27.5 Å². The minimum Gasteiger partial charge on any atom is -0.462 e. The molecule has 1 aliphatic heterocycles. The number of sulfonamides is 1. The summed E-state index contributed by atoms with van der Waals surface area (Å²) in [5.74, 6) is -0.825. The minimum atomic E-state index is -3.69. The van der Waals surface area contributed by atoms with Gasteiger partial charge in [0, 0.05) is 23.5 Å². The summed E-state index contributed by atoms with van der Waals surface area (Å²) in [7, 11) is -3.69. The Morgan fingerprint density at radius 2 is 1.76 bits per heavy atom. The van der Waals surface area contributed by atoms with Crippen molar-refractivity contribution in [3.05, 3.63) is 45.8 Å². The van der Waals surface area contributed by atoms with Gasteiger partial charge in [0.1, 0.15) is 5.00 Å². The zero-order valence-electron chi connectivity index (χ0n) is 19.6. The highest BCUT2D eigenvalue weighted by atomic mass is 32.2. The first kappa shape index (κ1) is 24.8. The number of aryl methyl sites for hydroxylation is 1. The summed E-state index contributed by atoms with van der Waals surface area (Å²) < 4.78 is 38.4. The number of nitrogens with zero attached hydrogens (tertiary/aromatic N) is 1. The highest BCUT2D eigenvalue weighted by Gasteiger charge is 2.32. The molecule has 2 atom stereocenters. The number of ether oxygens (including phenoxy) is 2. The first-order valence-corrected chi connectivity index (χ1v) is 13.8. The molecule has 34 heavy (non-hydrogen) atoms. The van der Waals surface area contributed by atoms with Gasteiger partial charge in [-0.15, -0.1) is 11.3 Å². The van der Waals surface area contributed by atoms with E-state index in [1.54, 1.807) is 6.92 Å². The van der Waals surface area contributed by atoms with Gasteiger partial charge >= 0.3 is 5.97 Å². The van der Waals surface area contributed by atoms with Crippen molar-refractivity contribution in [1.82, 2.24) is 4.31 Å². The minimum absolute atomic E-state index is 0.129. The number of benzene rings is 1. The second kappa shape index (κ2) is 10.2. The highest BCUT2D eigenvalue weighted by molar-refractivity contribution is 7.89. The van der Waals surface area contributed by atoms with Crippen LogP contribution in [0.2, 0.25) is 0 Å². The highest BCUT2D eigenvalue weighted by Crippen LogP contribution is 2.39. The predicted octanol–water partition coefficient (Wildman–Crippen LogP) is 3.85. The molecular formula is C24H30N2O6S2. The second-order valence-corrected chi connectivity index (χ2v) is 11.7. The Labute approximate surface area is 204 Å². The van der Waals surface area contributed by atoms with Crippen LogP contribution in [0.25, 0.3) is 0 Å². The number of morpholine rings is 1. The summed E-state index contributed by atoms with van der Waals surface area (Å²) in [5.41, 5.74) is 1.73. The zero-order valence-corrected chi connectivity index (χ0v) is 21.3. The molecule has 184 valence electrons. The Hall–Kier alpha value is -2.27. The molecule has 1 fully saturated rings. The lowest BCUT2D eigenvalue weighted by Gasteiger charge is -2.34. The molecule has 1 aromatic carbocycles. The summed E-state index contributed by atoms with van der Waals surface area (Å²) in [6.07, 6.45) is 3.36. The summed E-state index contributed by atoms with van der Waals surface area (Å²) in [4.78, 5) is 26.8. The number of anilines is 1. The number of fused-ring (bicyclic) bond motifs is 1. The number of hydrogen-bond acceptors (Lipinski definition) is 7. The molecule has 0 saturated carbocycles. The van der Waals surface area contributed by atoms with Gasteiger partial charge in [0.25, 0.3) is 5.91 Å². The molecule has 1 saturated heterocycles. The van der Waals surface area contributed by atoms with Crippen LogP contribution in [0.4, 0.5) is 5.00 Å². The third-order valence-electron chi connectivity index (χ3n) is 6.02. The van der Waals surface area contributed by atoms with Crippen molar-refractivity contribution in [2.75, 3.05) is 25.0 Å². The van der Waals surface area contributed by atoms with E-state index in [0.717, 1.165) is 36.1 Å². The topological polar surface area (TPSA) is 102 Å². The Bertz CT molecular complexity index is 1160. The number of amides is 1. The van der Waals surface area contributed by atoms with Crippen LogP contribution in [0, 0.1) is 0 Å². The Morgan fingerprint density at radius 1 is 1.12 bits per heavy atom. The smallest absolute Gasteiger partial charge is 0.341 e. The standard InChI is InChI=1S/C24H30N2O6S2/c1-4-31-24(28)21-19-7-5-6-8-20(19)33-23(21)25-22(27)17-9-11-18(12-10-17)34(29,30)26-13-15(2)32-16(3)14-26/h9-12,15-16H,4-8,13-14H2,1-3H3,(H,25,27)/t15-,16+. The van der Waals surface area contributed by atoms with E-state index in [4.69, 9.17) is 9.47 Å². The molecule has 2 aliphatic rings. The SMILES string of the molecule is CCOC(=O)c1c(NC(=O)c2ccc(S(=O)(=O)N3C[C@@H](C)O[C@@H](C)C3)cc2)sc2c1CCCC2. The van der Waals surface area contributed by atoms with Gasteiger partial charge in [-0.05, 0) is 76.3 Å². The number of carbonyl (C=O) groups is 2. The number of esters is 1. The largest absolute Gasteiger partial charge is 0.462 e. The molecule has 0 spiro atoms. The fourth-order valence-corrected chi connectivity index (χ4v) is 7.37. The van der Waals surface area contributed by atoms with E-state index in [1.165, 1.54) is 39.9 Å². The molecule has 2 aromatic rings. The van der Waals surface area contributed by atoms with Crippen molar-refractivity contribution in [3.63, 3.8) is 0 Å². The van der Waals surface area contributed by atoms with Gasteiger partial charge in [-0.3, -0.25) is 4.79 Å². The average molecular weight is 507 g/mol. The van der Waals surface area contributed by atoms with Gasteiger partial charge in [-0.1, -0.05) is 0 Å². The van der Waals surface area contributed by atoms with Crippen LogP contribution >= 0.6 is 11.3 Å². The molecule has 0 bridgehead atoms. The second-order valence-electron chi connectivity index (χ2n) is 8.69. The number of rotatable bonds is 6. The predicted molar refractivity (Wildman–Crippen MR) is 130 cm³/mol. The van der Waals surface area contributed by atoms with Crippen molar-refractivity contribution in [3.8, 4) is 0 Å². The lowest BCUT2D eigenvalue weighted by molar-refractivity contribution is -0.0440. The van der Waals surface area contributed by atoms with Crippen molar-refractivity contribution in [2.45, 2.75) is 63.6 Å². The lowest BCUT2D eigenvalue weighted by atomic mass is 9.95. The summed E-state index contributed by atoms with van der Waals surface area (Å²) in [6, 6.07) is 5.88. The maximum Gasteiger partial charge on any atom is 0.341 e. The Morgan fingerprint density at radius 3 is 2.41 bits per heavy atom. The molecule has 2 heterocycles. The third kappa shape index (κ3) is 5.05. The van der Waals surface area contributed by atoms with E-state index >= 15 is 0 Å². The monoisotopic (exact) mass is 506 g/mol. The fraction of sp³-hybridized carbons (Fsp3) is 0.500. The normalized spacial score (nSPS) is 21.0. The molecule has 4 rings (SSSR count). The summed E-state index contributed by atoms with van der Waals surface area (Å²) in [5, 5.41) is 3.35. The molecule has 1 amide bonds. The summed E-state index contributed by atoms with van der Waals surface area (Å²) in [6.45, 7) is 6.27. The van der Waals surface area contributed by atoms with Gasteiger partial charge in [0.15, 0.2) is 0 Å². The molecule has 1 N–H and O–H groups in total. The molecule has 10 heteroatoms. The van der Waals surface area contributed by atoms with Crippen LogP contribution in [-0.2, 0) is 32.3 Å². The van der Waals surface area contributed by atoms with Gasteiger partial charge in [0.2, 0.25) is 10.0 Å². The van der Waals surface area contributed by atoms with Gasteiger partial charge < -0.3 is 14.8 Å². The number of hydrogen-bond donors (Lipinski definition) is 1. The maximum absolute atomic E-state index is 13.1. The van der Waals surface area contributed by atoms with Crippen LogP contribution in [0.5, 0.6) is 0 Å². The van der Waals surface area contributed by atoms with Gasteiger partial charge in [0.05, 0.1) is 29.3 Å². The van der Waals surface area contributed by atoms with E-state index in [1.807, 2.05) is 13.8 Å². The first-order valence-electron chi connectivity index (χ1n) is 11.6. The quantitative estimate of drug-likeness (QED) is 0.597. The van der Waals surface area contributed by atoms with Crippen LogP contribution < -0.4 is 5.32 Å². The molecular weight excluding hydrogens is 476 g/mol. The summed E-state index contributed by atoms with van der Waals surface area (Å²) >= 11 is 1.42. The number of thiophene rings is 1. The molecule has 1 aliphatic carbocycles. The molecule has 1 aromatic heterocycles. The molecule has 8 nitrogen and oxygen atoms in total. The van der Waals surface area contributed by atoms with Crippen molar-refractivity contribution in [1.29, 1.82) is 0 Å². The van der Waals surface area contributed by atoms with Gasteiger partial charge in [-0.2, -0.15) is 4.31 Å². The maximum atomic E-state index is 13.1. The Balaban J connectivity index is 1.54. The van der Waals surface area contributed by atoms with Crippen LogP contribution in [0.15, 0.2) is 29.2 Å². The lowest BCUT2D eigenvalue weighted by Crippen LogP contribution is -2.48. The first-order chi connectivity index (χ1) is 16.2. The van der Waals surface area contributed by atoms with E-state index in [9.17, 15) is 18.0 Å². The van der Waals surface area contributed by atoms with E-state index < -0.39 is 21.9 Å². The number of nitrogens with one attached hydrogen (secondary N) is 1. The van der Waals surface area contributed by atoms with Crippen molar-refractivity contribution in [2.24, 2.45) is 0 Å². The number of carbonyl (C=O) groups excluding carboxylic acids is 2. The fourth-order valence-electron chi connectivity index (χ4n) is 4.50. The van der Waals surface area contributed by atoms with Crippen LogP contribution in [0.1, 0.15) is 64.8 Å². The van der Waals surface area contributed by atoms with Gasteiger partial charge in [-0.25, -0.2) is 13.2 Å².